The number of hydrogen-bond acceptors (Lipinski definition) is 1. The second-order valence-electron chi connectivity index (χ2n) is 4.17. The van der Waals surface area contributed by atoms with E-state index in [0.29, 0.717) is 6.04 Å². The lowest BCUT2D eigenvalue weighted by atomic mass is 9.92. The number of nitrogens with two attached hydrogens (primary N) is 1. The standard InChI is InChI=1S/C13H16ClN/c14-13-4-2-1-3-11(13)9-10-5-7-12(15)8-6-10/h1-5,12H,6-9,15H2. The lowest BCUT2D eigenvalue weighted by Gasteiger charge is -2.18. The molecule has 1 aliphatic carbocycles. The van der Waals surface area contributed by atoms with E-state index >= 15 is 0 Å². The van der Waals surface area contributed by atoms with E-state index < -0.39 is 0 Å². The summed E-state index contributed by atoms with van der Waals surface area (Å²) in [6.07, 6.45) is 6.49. The molecule has 0 aliphatic heterocycles. The van der Waals surface area contributed by atoms with Gasteiger partial charge in [0.1, 0.15) is 0 Å². The van der Waals surface area contributed by atoms with Crippen molar-refractivity contribution in [3.63, 3.8) is 0 Å². The third-order valence-electron chi connectivity index (χ3n) is 2.92. The molecule has 0 fully saturated rings. The zero-order valence-electron chi connectivity index (χ0n) is 8.75. The normalized spacial score (nSPS) is 21.2. The van der Waals surface area contributed by atoms with Gasteiger partial charge in [-0.15, -0.1) is 0 Å². The Morgan fingerprint density at radius 3 is 2.80 bits per heavy atom. The van der Waals surface area contributed by atoms with E-state index in [9.17, 15) is 0 Å². The van der Waals surface area contributed by atoms with Crippen LogP contribution in [0.2, 0.25) is 5.02 Å². The molecule has 1 unspecified atom stereocenters. The molecule has 0 saturated heterocycles. The van der Waals surface area contributed by atoms with E-state index in [1.807, 2.05) is 18.2 Å². The molecule has 15 heavy (non-hydrogen) atoms. The Bertz CT molecular complexity index is 371. The van der Waals surface area contributed by atoms with Crippen LogP contribution >= 0.6 is 11.6 Å². The van der Waals surface area contributed by atoms with E-state index in [2.05, 4.69) is 12.1 Å². The first kappa shape index (κ1) is 10.7. The van der Waals surface area contributed by atoms with E-state index in [-0.39, 0.29) is 0 Å². The topological polar surface area (TPSA) is 26.0 Å². The van der Waals surface area contributed by atoms with Crippen molar-refractivity contribution >= 4 is 11.6 Å². The van der Waals surface area contributed by atoms with Gasteiger partial charge >= 0.3 is 0 Å². The molecule has 0 bridgehead atoms. The van der Waals surface area contributed by atoms with Crippen LogP contribution < -0.4 is 5.73 Å². The fourth-order valence-electron chi connectivity index (χ4n) is 1.96. The van der Waals surface area contributed by atoms with E-state index in [1.165, 1.54) is 11.1 Å². The number of rotatable bonds is 2. The largest absolute Gasteiger partial charge is 0.327 e. The molecule has 1 aromatic carbocycles. The molecule has 1 nitrogen and oxygen atoms in total. The van der Waals surface area contributed by atoms with Crippen LogP contribution in [0, 0.1) is 0 Å². The summed E-state index contributed by atoms with van der Waals surface area (Å²) in [6.45, 7) is 0. The molecule has 0 aromatic heterocycles. The Morgan fingerprint density at radius 2 is 2.13 bits per heavy atom. The average molecular weight is 222 g/mol. The smallest absolute Gasteiger partial charge is 0.0441 e. The minimum absolute atomic E-state index is 0.361. The maximum atomic E-state index is 6.12. The monoisotopic (exact) mass is 221 g/mol. The maximum Gasteiger partial charge on any atom is 0.0441 e. The van der Waals surface area contributed by atoms with Crippen LogP contribution in [-0.2, 0) is 6.42 Å². The van der Waals surface area contributed by atoms with Crippen LogP contribution in [0.1, 0.15) is 24.8 Å². The Balaban J connectivity index is 2.06. The van der Waals surface area contributed by atoms with E-state index in [4.69, 9.17) is 17.3 Å². The minimum atomic E-state index is 0.361. The fourth-order valence-corrected chi connectivity index (χ4v) is 2.16. The van der Waals surface area contributed by atoms with Gasteiger partial charge in [-0.05, 0) is 37.3 Å². The highest BCUT2D eigenvalue weighted by Gasteiger charge is 2.11. The van der Waals surface area contributed by atoms with Gasteiger partial charge in [0.15, 0.2) is 0 Å². The molecule has 2 N–H and O–H groups in total. The molecule has 2 rings (SSSR count). The van der Waals surface area contributed by atoms with Gasteiger partial charge < -0.3 is 5.73 Å². The molecule has 1 aliphatic rings. The van der Waals surface area contributed by atoms with Gasteiger partial charge in [0.25, 0.3) is 0 Å². The first-order valence-corrected chi connectivity index (χ1v) is 5.80. The summed E-state index contributed by atoms with van der Waals surface area (Å²) in [7, 11) is 0. The van der Waals surface area contributed by atoms with Gasteiger partial charge in [-0.2, -0.15) is 0 Å². The molecule has 0 radical (unpaired) electrons. The van der Waals surface area contributed by atoms with Crippen molar-refractivity contribution in [2.24, 2.45) is 5.73 Å². The molecule has 0 spiro atoms. The number of hydrogen-bond donors (Lipinski definition) is 1. The van der Waals surface area contributed by atoms with Crippen molar-refractivity contribution in [1.82, 2.24) is 0 Å². The highest BCUT2D eigenvalue weighted by atomic mass is 35.5. The number of benzene rings is 1. The SMILES string of the molecule is NC1CC=C(Cc2ccccc2Cl)CC1. The van der Waals surface area contributed by atoms with Crippen molar-refractivity contribution < 1.29 is 0 Å². The third-order valence-corrected chi connectivity index (χ3v) is 3.29. The summed E-state index contributed by atoms with van der Waals surface area (Å²) in [5.74, 6) is 0. The molecule has 80 valence electrons. The number of allylic oxidation sites excluding steroid dienone is 1. The second-order valence-corrected chi connectivity index (χ2v) is 4.57. The maximum absolute atomic E-state index is 6.12. The van der Waals surface area contributed by atoms with Crippen molar-refractivity contribution in [2.45, 2.75) is 31.7 Å². The summed E-state index contributed by atoms with van der Waals surface area (Å²) in [6, 6.07) is 8.41. The van der Waals surface area contributed by atoms with E-state index in [0.717, 1.165) is 30.7 Å². The second kappa shape index (κ2) is 4.82. The summed E-state index contributed by atoms with van der Waals surface area (Å²) < 4.78 is 0. The quantitative estimate of drug-likeness (QED) is 0.762. The molecule has 0 saturated carbocycles. The predicted octanol–water partition coefficient (Wildman–Crippen LogP) is 3.32. The summed E-state index contributed by atoms with van der Waals surface area (Å²) in [5.41, 5.74) is 8.55. The highest BCUT2D eigenvalue weighted by Crippen LogP contribution is 2.24. The molecular weight excluding hydrogens is 206 g/mol. The van der Waals surface area contributed by atoms with Crippen LogP contribution in [0.5, 0.6) is 0 Å². The summed E-state index contributed by atoms with van der Waals surface area (Å²) in [4.78, 5) is 0. The van der Waals surface area contributed by atoms with Crippen molar-refractivity contribution in [1.29, 1.82) is 0 Å². The van der Waals surface area contributed by atoms with Crippen molar-refractivity contribution in [2.75, 3.05) is 0 Å². The molecule has 0 amide bonds. The van der Waals surface area contributed by atoms with Crippen LogP contribution in [0.25, 0.3) is 0 Å². The first-order chi connectivity index (χ1) is 7.25. The zero-order valence-corrected chi connectivity index (χ0v) is 9.50. The molecule has 1 atom stereocenters. The van der Waals surface area contributed by atoms with Crippen molar-refractivity contribution in [3.05, 3.63) is 46.5 Å². The van der Waals surface area contributed by atoms with Gasteiger partial charge in [0.2, 0.25) is 0 Å². The van der Waals surface area contributed by atoms with Crippen LogP contribution in [-0.4, -0.2) is 6.04 Å². The van der Waals surface area contributed by atoms with Gasteiger partial charge in [0, 0.05) is 11.1 Å². The van der Waals surface area contributed by atoms with Gasteiger partial charge in [0.05, 0.1) is 0 Å². The third kappa shape index (κ3) is 2.83. The molecule has 0 heterocycles. The van der Waals surface area contributed by atoms with Crippen LogP contribution in [0.15, 0.2) is 35.9 Å². The fraction of sp³-hybridized carbons (Fsp3) is 0.385. The molecular formula is C13H16ClN. The molecule has 1 aromatic rings. The minimum Gasteiger partial charge on any atom is -0.327 e. The Labute approximate surface area is 95.9 Å². The van der Waals surface area contributed by atoms with Crippen molar-refractivity contribution in [3.8, 4) is 0 Å². The van der Waals surface area contributed by atoms with Gasteiger partial charge in [-0.3, -0.25) is 0 Å². The highest BCUT2D eigenvalue weighted by molar-refractivity contribution is 6.31. The van der Waals surface area contributed by atoms with Crippen LogP contribution in [0.3, 0.4) is 0 Å². The summed E-state index contributed by atoms with van der Waals surface area (Å²) in [5, 5.41) is 0.869. The van der Waals surface area contributed by atoms with Gasteiger partial charge in [-0.25, -0.2) is 0 Å². The lowest BCUT2D eigenvalue weighted by molar-refractivity contribution is 0.583. The average Bonchev–Trinajstić information content (AvgIpc) is 2.25. The lowest BCUT2D eigenvalue weighted by Crippen LogP contribution is -2.22. The Hall–Kier alpha value is -0.790. The Kier molecular flexibility index (Phi) is 3.45. The number of halogens is 1. The summed E-state index contributed by atoms with van der Waals surface area (Å²) >= 11 is 6.12. The zero-order chi connectivity index (χ0) is 10.7. The van der Waals surface area contributed by atoms with Crippen LogP contribution in [0.4, 0.5) is 0 Å². The molecule has 2 heteroatoms. The predicted molar refractivity (Wildman–Crippen MR) is 65.1 cm³/mol. The Morgan fingerprint density at radius 1 is 1.33 bits per heavy atom. The van der Waals surface area contributed by atoms with E-state index in [1.54, 1.807) is 0 Å². The van der Waals surface area contributed by atoms with Gasteiger partial charge in [-0.1, -0.05) is 41.4 Å². The first-order valence-electron chi connectivity index (χ1n) is 5.42.